The summed E-state index contributed by atoms with van der Waals surface area (Å²) in [5, 5.41) is 11.4. The molecule has 2 aromatic heterocycles. The first-order chi connectivity index (χ1) is 18.5. The highest BCUT2D eigenvalue weighted by atomic mass is 16.7. The molecule has 1 N–H and O–H groups in total. The van der Waals surface area contributed by atoms with E-state index in [4.69, 9.17) is 14.2 Å². The normalized spacial score (nSPS) is 11.8. The highest BCUT2D eigenvalue weighted by Gasteiger charge is 2.15. The molecule has 0 aliphatic carbocycles. The van der Waals surface area contributed by atoms with Crippen LogP contribution in [-0.4, -0.2) is 45.4 Å². The number of rotatable bonds is 9. The van der Waals surface area contributed by atoms with Crippen LogP contribution >= 0.6 is 0 Å². The number of fused-ring (bicyclic) bond motifs is 1. The number of carbonyl (C=O) groups excluding carboxylic acids is 1. The number of amides is 1. The minimum Gasteiger partial charge on any atom is -0.494 e. The lowest BCUT2D eigenvalue weighted by atomic mass is 10.1. The van der Waals surface area contributed by atoms with Gasteiger partial charge in [0, 0.05) is 29.8 Å². The van der Waals surface area contributed by atoms with Crippen LogP contribution in [0.15, 0.2) is 76.3 Å². The van der Waals surface area contributed by atoms with Gasteiger partial charge in [-0.05, 0) is 61.5 Å². The van der Waals surface area contributed by atoms with Crippen molar-refractivity contribution in [2.24, 2.45) is 0 Å². The number of ether oxygens (including phenoxy) is 3. The molecule has 4 aromatic rings. The molecule has 0 saturated carbocycles. The van der Waals surface area contributed by atoms with Crippen LogP contribution in [0.4, 0.5) is 0 Å². The van der Waals surface area contributed by atoms with Crippen molar-refractivity contribution in [1.29, 1.82) is 0 Å². The first kappa shape index (κ1) is 24.8. The van der Waals surface area contributed by atoms with Crippen molar-refractivity contribution in [3.63, 3.8) is 0 Å². The molecule has 0 spiro atoms. The van der Waals surface area contributed by atoms with Crippen molar-refractivity contribution in [3.05, 3.63) is 87.4 Å². The minimum atomic E-state index is -0.418. The molecule has 194 valence electrons. The highest BCUT2D eigenvalue weighted by Crippen LogP contribution is 2.35. The van der Waals surface area contributed by atoms with Gasteiger partial charge in [-0.3, -0.25) is 14.4 Å². The Morgan fingerprint density at radius 1 is 0.868 bits per heavy atom. The van der Waals surface area contributed by atoms with E-state index in [0.29, 0.717) is 29.5 Å². The molecule has 0 bridgehead atoms. The van der Waals surface area contributed by atoms with Gasteiger partial charge in [-0.1, -0.05) is 0 Å². The summed E-state index contributed by atoms with van der Waals surface area (Å²) in [5.41, 5.74) is 1.99. The second-order valence-corrected chi connectivity index (χ2v) is 8.37. The third kappa shape index (κ3) is 5.56. The van der Waals surface area contributed by atoms with Gasteiger partial charge in [0.15, 0.2) is 11.5 Å². The molecule has 0 fully saturated rings. The summed E-state index contributed by atoms with van der Waals surface area (Å²) >= 11 is 0. The van der Waals surface area contributed by atoms with Crippen LogP contribution < -0.4 is 30.6 Å². The number of benzene rings is 2. The quantitative estimate of drug-likeness (QED) is 0.359. The molecule has 38 heavy (non-hydrogen) atoms. The summed E-state index contributed by atoms with van der Waals surface area (Å²) < 4.78 is 18.6. The number of nitrogens with zero attached hydrogens (tertiary/aromatic N) is 4. The van der Waals surface area contributed by atoms with E-state index in [0.717, 1.165) is 21.6 Å². The fourth-order valence-electron chi connectivity index (χ4n) is 3.92. The summed E-state index contributed by atoms with van der Waals surface area (Å²) in [6.07, 6.45) is 0. The largest absolute Gasteiger partial charge is 0.494 e. The Bertz CT molecular complexity index is 1580. The van der Waals surface area contributed by atoms with Crippen LogP contribution in [0.1, 0.15) is 6.92 Å². The molecular formula is C27H25N5O6. The van der Waals surface area contributed by atoms with Gasteiger partial charge in [-0.25, -0.2) is 9.36 Å². The molecule has 1 aliphatic heterocycles. The van der Waals surface area contributed by atoms with E-state index >= 15 is 0 Å². The Balaban J connectivity index is 1.21. The van der Waals surface area contributed by atoms with E-state index in [1.807, 2.05) is 31.2 Å². The molecule has 11 nitrogen and oxygen atoms in total. The number of carbonyl (C=O) groups is 1. The molecule has 3 heterocycles. The van der Waals surface area contributed by atoms with Crippen LogP contribution in [0.5, 0.6) is 17.2 Å². The first-order valence-electron chi connectivity index (χ1n) is 12.1. The van der Waals surface area contributed by atoms with E-state index in [-0.39, 0.29) is 32.0 Å². The number of hydrogen-bond donors (Lipinski definition) is 1. The minimum absolute atomic E-state index is 0.148. The average molecular weight is 516 g/mol. The maximum atomic E-state index is 12.5. The van der Waals surface area contributed by atoms with Gasteiger partial charge in [0.1, 0.15) is 12.3 Å². The lowest BCUT2D eigenvalue weighted by Crippen LogP contribution is -2.36. The topological polar surface area (TPSA) is 127 Å². The summed E-state index contributed by atoms with van der Waals surface area (Å²) in [4.78, 5) is 37.1. The van der Waals surface area contributed by atoms with Crippen LogP contribution in [0.2, 0.25) is 0 Å². The number of nitrogens with one attached hydrogen (secondary N) is 1. The van der Waals surface area contributed by atoms with Gasteiger partial charge >= 0.3 is 0 Å². The molecule has 0 saturated heterocycles. The van der Waals surface area contributed by atoms with Crippen molar-refractivity contribution >= 4 is 5.91 Å². The Morgan fingerprint density at radius 3 is 2.29 bits per heavy atom. The molecule has 11 heteroatoms. The summed E-state index contributed by atoms with van der Waals surface area (Å²) in [7, 11) is 0. The fraction of sp³-hybridized carbons (Fsp3) is 0.222. The van der Waals surface area contributed by atoms with E-state index in [1.54, 1.807) is 30.3 Å². The molecule has 2 aromatic carbocycles. The predicted molar refractivity (Wildman–Crippen MR) is 138 cm³/mol. The second kappa shape index (κ2) is 11.0. The standard InChI is InChI=1S/C27H25N5O6/c1-2-36-20-6-3-18(4-7-20)21-8-11-26(34)31(29-21)14-13-28-25(33)16-32-27(35)12-9-22(30-32)19-5-10-23-24(15-19)38-17-37-23/h3-12,15H,2,13-14,16-17H2,1H3,(H,28,33). The van der Waals surface area contributed by atoms with Gasteiger partial charge in [0.2, 0.25) is 12.7 Å². The lowest BCUT2D eigenvalue weighted by Gasteiger charge is -2.10. The first-order valence-corrected chi connectivity index (χ1v) is 12.1. The van der Waals surface area contributed by atoms with Crippen LogP contribution in [0.25, 0.3) is 22.5 Å². The third-order valence-electron chi connectivity index (χ3n) is 5.80. The van der Waals surface area contributed by atoms with E-state index in [1.165, 1.54) is 16.8 Å². The second-order valence-electron chi connectivity index (χ2n) is 8.37. The van der Waals surface area contributed by atoms with Gasteiger partial charge < -0.3 is 19.5 Å². The smallest absolute Gasteiger partial charge is 0.267 e. The van der Waals surface area contributed by atoms with E-state index in [2.05, 4.69) is 15.5 Å². The van der Waals surface area contributed by atoms with Gasteiger partial charge in [-0.2, -0.15) is 10.2 Å². The van der Waals surface area contributed by atoms with Gasteiger partial charge in [0.25, 0.3) is 11.1 Å². The summed E-state index contributed by atoms with van der Waals surface area (Å²) in [6.45, 7) is 2.68. The number of hydrogen-bond acceptors (Lipinski definition) is 8. The maximum absolute atomic E-state index is 12.5. The summed E-state index contributed by atoms with van der Waals surface area (Å²) in [6, 6.07) is 18.8. The Hall–Kier alpha value is -4.93. The monoisotopic (exact) mass is 515 g/mol. The van der Waals surface area contributed by atoms with Crippen LogP contribution in [0, 0.1) is 0 Å². The van der Waals surface area contributed by atoms with Crippen LogP contribution in [-0.2, 0) is 17.9 Å². The fourth-order valence-corrected chi connectivity index (χ4v) is 3.92. The molecule has 5 rings (SSSR count). The van der Waals surface area contributed by atoms with Crippen molar-refractivity contribution < 1.29 is 19.0 Å². The van der Waals surface area contributed by atoms with Crippen molar-refractivity contribution in [2.45, 2.75) is 20.0 Å². The SMILES string of the molecule is CCOc1ccc(-c2ccc(=O)n(CCNC(=O)Cn3nc(-c4ccc5c(c4)OCO5)ccc3=O)n2)cc1. The van der Waals surface area contributed by atoms with Crippen molar-refractivity contribution in [2.75, 3.05) is 19.9 Å². The van der Waals surface area contributed by atoms with E-state index in [9.17, 15) is 14.4 Å². The molecule has 0 unspecified atom stereocenters. The molecule has 1 aliphatic rings. The van der Waals surface area contributed by atoms with E-state index < -0.39 is 11.5 Å². The number of aromatic nitrogens is 4. The molecule has 1 amide bonds. The maximum Gasteiger partial charge on any atom is 0.267 e. The van der Waals surface area contributed by atoms with Crippen LogP contribution in [0.3, 0.4) is 0 Å². The third-order valence-corrected chi connectivity index (χ3v) is 5.80. The van der Waals surface area contributed by atoms with Gasteiger partial charge in [-0.15, -0.1) is 0 Å². The zero-order valence-corrected chi connectivity index (χ0v) is 20.6. The highest BCUT2D eigenvalue weighted by molar-refractivity contribution is 5.75. The predicted octanol–water partition coefficient (Wildman–Crippen LogP) is 2.08. The lowest BCUT2D eigenvalue weighted by molar-refractivity contribution is -0.121. The summed E-state index contributed by atoms with van der Waals surface area (Å²) in [5.74, 6) is 1.57. The zero-order chi connectivity index (χ0) is 26.5. The molecule has 0 atom stereocenters. The van der Waals surface area contributed by atoms with Gasteiger partial charge in [0.05, 0.1) is 24.5 Å². The Kier molecular flexibility index (Phi) is 7.16. The zero-order valence-electron chi connectivity index (χ0n) is 20.6. The van der Waals surface area contributed by atoms with Crippen molar-refractivity contribution in [1.82, 2.24) is 24.9 Å². The Labute approximate surface area is 217 Å². The van der Waals surface area contributed by atoms with Crippen molar-refractivity contribution in [3.8, 4) is 39.8 Å². The Morgan fingerprint density at radius 2 is 1.53 bits per heavy atom. The molecule has 0 radical (unpaired) electrons. The molecular weight excluding hydrogens is 490 g/mol. The average Bonchev–Trinajstić information content (AvgIpc) is 3.40.